The number of hydrogen-bond donors (Lipinski definition) is 2. The lowest BCUT2D eigenvalue weighted by molar-refractivity contribution is -0.119. The van der Waals surface area contributed by atoms with Crippen LogP contribution in [-0.2, 0) is 16.6 Å². The molecule has 0 atom stereocenters. The summed E-state index contributed by atoms with van der Waals surface area (Å²) in [5, 5.41) is 2.33. The maximum Gasteiger partial charge on any atom is 0.138 e. The van der Waals surface area contributed by atoms with Crippen LogP contribution in [0.4, 0.5) is 0 Å². The third kappa shape index (κ3) is 3.13. The lowest BCUT2D eigenvalue weighted by atomic mass is 9.72. The second-order valence-corrected chi connectivity index (χ2v) is 8.21. The molecule has 3 aromatic carbocycles. The fourth-order valence-corrected chi connectivity index (χ4v) is 4.67. The number of nitrogens with one attached hydrogen (secondary N) is 2. The molecule has 0 aliphatic rings. The van der Waals surface area contributed by atoms with Crippen LogP contribution in [0.1, 0.15) is 30.0 Å². The van der Waals surface area contributed by atoms with Crippen LogP contribution in [0.5, 0.6) is 0 Å². The van der Waals surface area contributed by atoms with Gasteiger partial charge in [-0.3, -0.25) is 4.79 Å². The molecular formula is C27H24N2O. The number of ketones is 1. The molecule has 0 saturated heterocycles. The monoisotopic (exact) mass is 392 g/mol. The van der Waals surface area contributed by atoms with Crippen LogP contribution in [0, 0.1) is 0 Å². The van der Waals surface area contributed by atoms with E-state index < -0.39 is 5.41 Å². The number of carbonyl (C=O) groups is 1. The highest BCUT2D eigenvalue weighted by atomic mass is 16.1. The number of rotatable bonds is 6. The van der Waals surface area contributed by atoms with Crippen molar-refractivity contribution in [3.63, 3.8) is 0 Å². The highest BCUT2D eigenvalue weighted by molar-refractivity contribution is 5.92. The van der Waals surface area contributed by atoms with Crippen molar-refractivity contribution < 1.29 is 4.79 Å². The Hall–Kier alpha value is -3.59. The smallest absolute Gasteiger partial charge is 0.138 e. The molecule has 2 N–H and O–H groups in total. The number of H-pyrrole nitrogens is 2. The summed E-state index contributed by atoms with van der Waals surface area (Å²) in [5.41, 5.74) is 5.10. The molecule has 0 aliphatic heterocycles. The SMILES string of the molecule is CC(CC(=O)Cc1ccccc1)(c1c[nH]c2ccccc12)c1c[nH]c2ccccc12. The summed E-state index contributed by atoms with van der Waals surface area (Å²) < 4.78 is 0. The van der Waals surface area contributed by atoms with E-state index in [2.05, 4.69) is 65.7 Å². The molecule has 5 rings (SSSR count). The van der Waals surface area contributed by atoms with Crippen LogP contribution in [0.3, 0.4) is 0 Å². The van der Waals surface area contributed by atoms with Gasteiger partial charge in [0.2, 0.25) is 0 Å². The Morgan fingerprint density at radius 1 is 0.733 bits per heavy atom. The van der Waals surface area contributed by atoms with Gasteiger partial charge in [-0.2, -0.15) is 0 Å². The van der Waals surface area contributed by atoms with E-state index in [0.717, 1.165) is 38.5 Å². The van der Waals surface area contributed by atoms with Crippen LogP contribution >= 0.6 is 0 Å². The first-order valence-corrected chi connectivity index (χ1v) is 10.3. The Morgan fingerprint density at radius 3 is 1.80 bits per heavy atom. The number of benzene rings is 3. The molecule has 0 saturated carbocycles. The van der Waals surface area contributed by atoms with Crippen molar-refractivity contribution in [2.75, 3.05) is 0 Å². The molecule has 0 fully saturated rings. The Balaban J connectivity index is 1.63. The molecule has 0 unspecified atom stereocenters. The third-order valence-electron chi connectivity index (χ3n) is 6.16. The standard InChI is InChI=1S/C27H24N2O/c1-27(16-20(30)15-19-9-3-2-4-10-19,23-17-28-25-13-7-5-11-21(23)25)24-18-29-26-14-8-6-12-22(24)26/h2-14,17-18,28-29H,15-16H2,1H3. The molecule has 3 heteroatoms. The average molecular weight is 393 g/mol. The lowest BCUT2D eigenvalue weighted by Gasteiger charge is -2.29. The van der Waals surface area contributed by atoms with Gasteiger partial charge in [-0.1, -0.05) is 73.7 Å². The summed E-state index contributed by atoms with van der Waals surface area (Å²) in [7, 11) is 0. The maximum absolute atomic E-state index is 13.3. The summed E-state index contributed by atoms with van der Waals surface area (Å²) in [6, 6.07) is 26.6. The minimum absolute atomic E-state index is 0.235. The van der Waals surface area contributed by atoms with Gasteiger partial charge in [-0.15, -0.1) is 0 Å². The second-order valence-electron chi connectivity index (χ2n) is 8.21. The Kier molecular flexibility index (Phi) is 4.51. The largest absolute Gasteiger partial charge is 0.361 e. The molecule has 5 aromatic rings. The van der Waals surface area contributed by atoms with Crippen LogP contribution in [0.15, 0.2) is 91.3 Å². The zero-order valence-electron chi connectivity index (χ0n) is 17.0. The molecular weight excluding hydrogens is 368 g/mol. The fraction of sp³-hybridized carbons (Fsp3) is 0.148. The Bertz CT molecular complexity index is 1250. The first-order valence-electron chi connectivity index (χ1n) is 10.3. The third-order valence-corrected chi connectivity index (χ3v) is 6.16. The van der Waals surface area contributed by atoms with Gasteiger partial charge in [-0.25, -0.2) is 0 Å². The van der Waals surface area contributed by atoms with Gasteiger partial charge >= 0.3 is 0 Å². The van der Waals surface area contributed by atoms with E-state index in [1.54, 1.807) is 0 Å². The van der Waals surface area contributed by atoms with E-state index in [9.17, 15) is 4.79 Å². The summed E-state index contributed by atoms with van der Waals surface area (Å²) in [5.74, 6) is 0.235. The van der Waals surface area contributed by atoms with Gasteiger partial charge < -0.3 is 9.97 Å². The molecule has 0 aliphatic carbocycles. The number of fused-ring (bicyclic) bond motifs is 2. The minimum atomic E-state index is -0.453. The molecule has 0 bridgehead atoms. The second kappa shape index (κ2) is 7.34. The van der Waals surface area contributed by atoms with Crippen molar-refractivity contribution >= 4 is 27.6 Å². The Morgan fingerprint density at radius 2 is 1.23 bits per heavy atom. The van der Waals surface area contributed by atoms with Crippen LogP contribution in [0.25, 0.3) is 21.8 Å². The van der Waals surface area contributed by atoms with Crippen molar-refractivity contribution in [2.24, 2.45) is 0 Å². The maximum atomic E-state index is 13.3. The first kappa shape index (κ1) is 18.4. The van der Waals surface area contributed by atoms with Crippen molar-refractivity contribution in [1.82, 2.24) is 9.97 Å². The van der Waals surface area contributed by atoms with Crippen LogP contribution in [-0.4, -0.2) is 15.8 Å². The fourth-order valence-electron chi connectivity index (χ4n) is 4.67. The van der Waals surface area contributed by atoms with Crippen LogP contribution < -0.4 is 0 Å². The molecule has 0 radical (unpaired) electrons. The lowest BCUT2D eigenvalue weighted by Crippen LogP contribution is -2.27. The summed E-state index contributed by atoms with van der Waals surface area (Å²) in [4.78, 5) is 20.1. The molecule has 3 nitrogen and oxygen atoms in total. The van der Waals surface area contributed by atoms with Crippen molar-refractivity contribution in [1.29, 1.82) is 0 Å². The number of Topliss-reactive ketones (excluding diaryl/α,β-unsaturated/α-hetero) is 1. The molecule has 148 valence electrons. The topological polar surface area (TPSA) is 48.6 Å². The van der Waals surface area contributed by atoms with E-state index in [1.165, 1.54) is 0 Å². The van der Waals surface area contributed by atoms with Crippen molar-refractivity contribution in [2.45, 2.75) is 25.2 Å². The van der Waals surface area contributed by atoms with Gasteiger partial charge in [0.1, 0.15) is 5.78 Å². The van der Waals surface area contributed by atoms with E-state index in [0.29, 0.717) is 12.8 Å². The molecule has 0 spiro atoms. The van der Waals surface area contributed by atoms with Gasteiger partial charge in [0, 0.05) is 52.5 Å². The number of hydrogen-bond acceptors (Lipinski definition) is 1. The normalized spacial score (nSPS) is 11.9. The number of aromatic amines is 2. The van der Waals surface area contributed by atoms with Gasteiger partial charge in [-0.05, 0) is 28.8 Å². The molecule has 2 heterocycles. The summed E-state index contributed by atoms with van der Waals surface area (Å²) in [6.07, 6.45) is 5.03. The predicted octanol–water partition coefficient (Wildman–Crippen LogP) is 6.16. The van der Waals surface area contributed by atoms with Gasteiger partial charge in [0.05, 0.1) is 0 Å². The molecule has 30 heavy (non-hydrogen) atoms. The van der Waals surface area contributed by atoms with Gasteiger partial charge in [0.15, 0.2) is 0 Å². The average Bonchev–Trinajstić information content (AvgIpc) is 3.39. The molecule has 0 amide bonds. The summed E-state index contributed by atoms with van der Waals surface area (Å²) in [6.45, 7) is 2.20. The number of carbonyl (C=O) groups excluding carboxylic acids is 1. The van der Waals surface area contributed by atoms with E-state index in [1.807, 2.05) is 42.5 Å². The predicted molar refractivity (Wildman–Crippen MR) is 123 cm³/mol. The van der Waals surface area contributed by atoms with Gasteiger partial charge in [0.25, 0.3) is 0 Å². The minimum Gasteiger partial charge on any atom is -0.361 e. The Labute approximate surface area is 175 Å². The zero-order chi connectivity index (χ0) is 20.6. The number of aromatic nitrogens is 2. The van der Waals surface area contributed by atoms with Crippen molar-refractivity contribution in [3.8, 4) is 0 Å². The molecule has 2 aromatic heterocycles. The first-order chi connectivity index (χ1) is 14.6. The van der Waals surface area contributed by atoms with E-state index in [4.69, 9.17) is 0 Å². The van der Waals surface area contributed by atoms with Crippen molar-refractivity contribution in [3.05, 3.63) is 108 Å². The highest BCUT2D eigenvalue weighted by Crippen LogP contribution is 2.42. The highest BCUT2D eigenvalue weighted by Gasteiger charge is 2.35. The quantitative estimate of drug-likeness (QED) is 0.357. The van der Waals surface area contributed by atoms with E-state index in [-0.39, 0.29) is 5.78 Å². The van der Waals surface area contributed by atoms with E-state index >= 15 is 0 Å². The summed E-state index contributed by atoms with van der Waals surface area (Å²) >= 11 is 0. The number of para-hydroxylation sites is 2. The van der Waals surface area contributed by atoms with Crippen LogP contribution in [0.2, 0.25) is 0 Å². The zero-order valence-corrected chi connectivity index (χ0v) is 17.0.